The van der Waals surface area contributed by atoms with Gasteiger partial charge in [0.1, 0.15) is 11.6 Å². The van der Waals surface area contributed by atoms with Crippen LogP contribution in [0.1, 0.15) is 5.56 Å². The van der Waals surface area contributed by atoms with Crippen LogP contribution in [0.25, 0.3) is 22.8 Å². The maximum Gasteiger partial charge on any atom is 0.262 e. The zero-order chi connectivity index (χ0) is 15.0. The summed E-state index contributed by atoms with van der Waals surface area (Å²) in [7, 11) is 0. The molecule has 106 valence electrons. The Kier molecular flexibility index (Phi) is 3.47. The first-order valence-corrected chi connectivity index (χ1v) is 6.92. The Bertz CT molecular complexity index is 797. The van der Waals surface area contributed by atoms with Gasteiger partial charge in [-0.2, -0.15) is 4.98 Å². The van der Waals surface area contributed by atoms with Crippen LogP contribution in [-0.4, -0.2) is 15.2 Å². The molecule has 0 unspecified atom stereocenters. The average Bonchev–Trinajstić information content (AvgIpc) is 2.90. The highest BCUT2D eigenvalue weighted by Gasteiger charge is 2.15. The first kappa shape index (κ1) is 13.8. The van der Waals surface area contributed by atoms with Crippen LogP contribution in [0, 0.1) is 12.7 Å². The third kappa shape index (κ3) is 2.80. The Hall–Kier alpha value is -2.21. The Morgan fingerprint density at radius 2 is 2.00 bits per heavy atom. The Morgan fingerprint density at radius 1 is 1.19 bits per heavy atom. The molecule has 0 saturated heterocycles. The lowest BCUT2D eigenvalue weighted by Gasteiger charge is -1.99. The lowest BCUT2D eigenvalue weighted by molar-refractivity contribution is 0.425. The SMILES string of the molecule is Cc1cc(F)cc(-c2noc(-c3cc(Br)ccc3O)n2)c1. The molecule has 1 N–H and O–H groups in total. The number of halogens is 2. The smallest absolute Gasteiger partial charge is 0.262 e. The molecule has 21 heavy (non-hydrogen) atoms. The number of benzene rings is 2. The van der Waals surface area contributed by atoms with E-state index in [1.807, 2.05) is 0 Å². The number of nitrogens with zero attached hydrogens (tertiary/aromatic N) is 2. The minimum atomic E-state index is -0.360. The Morgan fingerprint density at radius 3 is 2.76 bits per heavy atom. The summed E-state index contributed by atoms with van der Waals surface area (Å²) in [6.45, 7) is 1.79. The van der Waals surface area contributed by atoms with Crippen molar-refractivity contribution in [1.82, 2.24) is 10.1 Å². The van der Waals surface area contributed by atoms with Crippen LogP contribution >= 0.6 is 15.9 Å². The van der Waals surface area contributed by atoms with Gasteiger partial charge in [-0.3, -0.25) is 0 Å². The Balaban J connectivity index is 2.05. The molecule has 0 bridgehead atoms. The fraction of sp³-hybridized carbons (Fsp3) is 0.0667. The maximum atomic E-state index is 13.4. The third-order valence-corrected chi connectivity index (χ3v) is 3.41. The van der Waals surface area contributed by atoms with Crippen LogP contribution in [0.5, 0.6) is 5.75 Å². The highest BCUT2D eigenvalue weighted by molar-refractivity contribution is 9.10. The van der Waals surface area contributed by atoms with Crippen LogP contribution in [0.15, 0.2) is 45.4 Å². The highest BCUT2D eigenvalue weighted by Crippen LogP contribution is 2.32. The van der Waals surface area contributed by atoms with Gasteiger partial charge in [0, 0.05) is 10.0 Å². The zero-order valence-corrected chi connectivity index (χ0v) is 12.6. The van der Waals surface area contributed by atoms with Gasteiger partial charge >= 0.3 is 0 Å². The van der Waals surface area contributed by atoms with E-state index in [0.717, 1.165) is 10.0 Å². The zero-order valence-electron chi connectivity index (χ0n) is 11.0. The summed E-state index contributed by atoms with van der Waals surface area (Å²) in [5.41, 5.74) is 1.70. The van der Waals surface area contributed by atoms with Gasteiger partial charge in [-0.1, -0.05) is 21.1 Å². The number of rotatable bonds is 2. The van der Waals surface area contributed by atoms with Crippen molar-refractivity contribution in [2.45, 2.75) is 6.92 Å². The van der Waals surface area contributed by atoms with Gasteiger partial charge in [0.2, 0.25) is 5.82 Å². The molecular weight excluding hydrogens is 339 g/mol. The quantitative estimate of drug-likeness (QED) is 0.749. The number of phenols is 1. The van der Waals surface area contributed by atoms with Crippen molar-refractivity contribution in [2.75, 3.05) is 0 Å². The average molecular weight is 349 g/mol. The molecule has 0 radical (unpaired) electrons. The van der Waals surface area contributed by atoms with E-state index in [0.29, 0.717) is 11.1 Å². The van der Waals surface area contributed by atoms with Crippen molar-refractivity contribution in [3.63, 3.8) is 0 Å². The predicted octanol–water partition coefficient (Wildman–Crippen LogP) is 4.32. The number of aryl methyl sites for hydroxylation is 1. The lowest BCUT2D eigenvalue weighted by atomic mass is 10.1. The monoisotopic (exact) mass is 348 g/mol. The predicted molar refractivity (Wildman–Crippen MR) is 79.2 cm³/mol. The van der Waals surface area contributed by atoms with Gasteiger partial charge < -0.3 is 9.63 Å². The largest absolute Gasteiger partial charge is 0.507 e. The van der Waals surface area contributed by atoms with Crippen molar-refractivity contribution in [2.24, 2.45) is 0 Å². The van der Waals surface area contributed by atoms with E-state index in [1.165, 1.54) is 18.2 Å². The van der Waals surface area contributed by atoms with Crippen LogP contribution in [0.3, 0.4) is 0 Å². The van der Waals surface area contributed by atoms with E-state index in [-0.39, 0.29) is 23.3 Å². The van der Waals surface area contributed by atoms with Crippen LogP contribution in [-0.2, 0) is 0 Å². The van der Waals surface area contributed by atoms with Gasteiger partial charge in [0.15, 0.2) is 0 Å². The fourth-order valence-electron chi connectivity index (χ4n) is 2.00. The number of phenolic OH excluding ortho intramolecular Hbond substituents is 1. The number of hydrogen-bond acceptors (Lipinski definition) is 4. The second kappa shape index (κ2) is 5.29. The molecule has 6 heteroatoms. The standard InChI is InChI=1S/C15H10BrFN2O2/c1-8-4-9(6-11(17)5-8)14-18-15(21-19-14)12-7-10(16)2-3-13(12)20/h2-7,20H,1H3. The van der Waals surface area contributed by atoms with Crippen LogP contribution in [0.2, 0.25) is 0 Å². The van der Waals surface area contributed by atoms with E-state index < -0.39 is 0 Å². The first-order chi connectivity index (χ1) is 10.0. The summed E-state index contributed by atoms with van der Waals surface area (Å²) in [4.78, 5) is 4.21. The summed E-state index contributed by atoms with van der Waals surface area (Å²) >= 11 is 3.31. The number of aromatic hydroxyl groups is 1. The molecule has 0 atom stereocenters. The lowest BCUT2D eigenvalue weighted by Crippen LogP contribution is -1.85. The maximum absolute atomic E-state index is 13.4. The van der Waals surface area contributed by atoms with Crippen molar-refractivity contribution in [3.8, 4) is 28.6 Å². The van der Waals surface area contributed by atoms with Crippen molar-refractivity contribution in [3.05, 3.63) is 52.3 Å². The van der Waals surface area contributed by atoms with E-state index >= 15 is 0 Å². The molecular formula is C15H10BrFN2O2. The molecule has 1 heterocycles. The molecule has 0 aliphatic carbocycles. The molecule has 1 aromatic heterocycles. The minimum absolute atomic E-state index is 0.0313. The molecule has 0 aliphatic rings. The van der Waals surface area contributed by atoms with Gasteiger partial charge in [-0.05, 0) is 48.9 Å². The second-order valence-electron chi connectivity index (χ2n) is 4.60. The van der Waals surface area contributed by atoms with Gasteiger partial charge in [0.05, 0.1) is 5.56 Å². The molecule has 0 fully saturated rings. The van der Waals surface area contributed by atoms with E-state index in [2.05, 4.69) is 26.1 Å². The summed E-state index contributed by atoms with van der Waals surface area (Å²) in [5, 5.41) is 13.7. The topological polar surface area (TPSA) is 59.2 Å². The molecule has 0 aliphatic heterocycles. The van der Waals surface area contributed by atoms with Crippen LogP contribution < -0.4 is 0 Å². The molecule has 3 rings (SSSR count). The van der Waals surface area contributed by atoms with Gasteiger partial charge in [-0.25, -0.2) is 4.39 Å². The second-order valence-corrected chi connectivity index (χ2v) is 5.52. The van der Waals surface area contributed by atoms with E-state index in [4.69, 9.17) is 4.52 Å². The molecule has 0 saturated carbocycles. The molecule has 2 aromatic carbocycles. The minimum Gasteiger partial charge on any atom is -0.507 e. The fourth-order valence-corrected chi connectivity index (χ4v) is 2.36. The van der Waals surface area contributed by atoms with E-state index in [9.17, 15) is 9.50 Å². The normalized spacial score (nSPS) is 10.8. The van der Waals surface area contributed by atoms with Crippen molar-refractivity contribution in [1.29, 1.82) is 0 Å². The summed E-state index contributed by atoms with van der Waals surface area (Å²) in [6, 6.07) is 9.41. The summed E-state index contributed by atoms with van der Waals surface area (Å²) in [5.74, 6) is 0.114. The Labute approximate surface area is 128 Å². The van der Waals surface area contributed by atoms with Gasteiger partial charge in [-0.15, -0.1) is 0 Å². The van der Waals surface area contributed by atoms with Crippen LogP contribution in [0.4, 0.5) is 4.39 Å². The van der Waals surface area contributed by atoms with Gasteiger partial charge in [0.25, 0.3) is 5.89 Å². The highest BCUT2D eigenvalue weighted by atomic mass is 79.9. The number of hydrogen-bond donors (Lipinski definition) is 1. The third-order valence-electron chi connectivity index (χ3n) is 2.92. The van der Waals surface area contributed by atoms with E-state index in [1.54, 1.807) is 25.1 Å². The molecule has 0 spiro atoms. The summed E-state index contributed by atoms with van der Waals surface area (Å²) in [6.07, 6.45) is 0. The van der Waals surface area contributed by atoms with Crippen molar-refractivity contribution < 1.29 is 14.0 Å². The number of aromatic nitrogens is 2. The first-order valence-electron chi connectivity index (χ1n) is 6.13. The van der Waals surface area contributed by atoms with Crippen molar-refractivity contribution >= 4 is 15.9 Å². The molecule has 0 amide bonds. The summed E-state index contributed by atoms with van der Waals surface area (Å²) < 4.78 is 19.4. The molecule has 3 aromatic rings. The molecule has 4 nitrogen and oxygen atoms in total.